The van der Waals surface area contributed by atoms with Crippen LogP contribution in [0, 0.1) is 6.92 Å². The summed E-state index contributed by atoms with van der Waals surface area (Å²) in [5, 5.41) is 1.07. The first-order chi connectivity index (χ1) is 5.22. The van der Waals surface area contributed by atoms with Crippen LogP contribution < -0.4 is 10.3 Å². The van der Waals surface area contributed by atoms with Crippen molar-refractivity contribution in [3.05, 3.63) is 22.1 Å². The Balaban J connectivity index is 2.99. The molecule has 0 aromatic carbocycles. The molecule has 4 heteroatoms. The predicted octanol–water partition coefficient (Wildman–Crippen LogP) is -0.154. The summed E-state index contributed by atoms with van der Waals surface area (Å²) >= 11 is 0.325. The summed E-state index contributed by atoms with van der Waals surface area (Å²) in [5.74, 6) is 0. The Labute approximate surface area is 71.4 Å². The molecule has 0 unspecified atom stereocenters. The minimum atomic E-state index is -0.0391. The van der Waals surface area contributed by atoms with E-state index >= 15 is 0 Å². The molecule has 1 rings (SSSR count). The molecular weight excluding hydrogens is 207 g/mol. The van der Waals surface area contributed by atoms with Crippen molar-refractivity contribution in [2.24, 2.45) is 0 Å². The van der Waals surface area contributed by atoms with Crippen LogP contribution in [0.15, 0.2) is 10.9 Å². The quantitative estimate of drug-likeness (QED) is 0.700. The fourth-order valence-corrected chi connectivity index (χ4v) is 2.13. The molecule has 1 aromatic rings. The first kappa shape index (κ1) is 8.50. The van der Waals surface area contributed by atoms with Crippen molar-refractivity contribution in [3.63, 3.8) is 0 Å². The zero-order valence-corrected chi connectivity index (χ0v) is 8.26. The van der Waals surface area contributed by atoms with Gasteiger partial charge in [0.25, 0.3) is 0 Å². The van der Waals surface area contributed by atoms with Gasteiger partial charge in [-0.15, -0.1) is 0 Å². The molecule has 0 fully saturated rings. The van der Waals surface area contributed by atoms with Crippen LogP contribution in [0.2, 0.25) is 5.32 Å². The van der Waals surface area contributed by atoms with Crippen LogP contribution in [0.25, 0.3) is 0 Å². The fraction of sp³-hybridized carbons (Fsp3) is 0.429. The zero-order valence-electron chi connectivity index (χ0n) is 6.55. The summed E-state index contributed by atoms with van der Waals surface area (Å²) in [7, 11) is 0. The van der Waals surface area contributed by atoms with Gasteiger partial charge in [0, 0.05) is 0 Å². The molecule has 0 saturated carbocycles. The molecule has 0 spiro atoms. The van der Waals surface area contributed by atoms with E-state index in [0.717, 1.165) is 15.7 Å². The van der Waals surface area contributed by atoms with Crippen LogP contribution in [-0.2, 0) is 0 Å². The van der Waals surface area contributed by atoms with Gasteiger partial charge >= 0.3 is 70.9 Å². The number of H-pyrrole nitrogens is 1. The number of aromatic nitrogens is 2. The second-order valence-electron chi connectivity index (χ2n) is 2.12. The SMILES string of the molecule is CC[Se]c1nc(C)cc(=O)[nH]1. The number of nitrogens with zero attached hydrogens (tertiary/aromatic N) is 1. The van der Waals surface area contributed by atoms with Gasteiger partial charge in [-0.2, -0.15) is 0 Å². The molecule has 0 bridgehead atoms. The molecule has 11 heavy (non-hydrogen) atoms. The average molecular weight is 217 g/mol. The van der Waals surface area contributed by atoms with Gasteiger partial charge in [-0.05, 0) is 0 Å². The van der Waals surface area contributed by atoms with Gasteiger partial charge in [0.1, 0.15) is 0 Å². The Hall–Kier alpha value is -0.601. The Morgan fingerprint density at radius 1 is 1.73 bits per heavy atom. The van der Waals surface area contributed by atoms with Gasteiger partial charge in [0.2, 0.25) is 0 Å². The van der Waals surface area contributed by atoms with Crippen LogP contribution in [0.1, 0.15) is 12.6 Å². The van der Waals surface area contributed by atoms with Crippen molar-refractivity contribution < 1.29 is 0 Å². The van der Waals surface area contributed by atoms with E-state index in [2.05, 4.69) is 16.9 Å². The molecule has 0 aliphatic carbocycles. The van der Waals surface area contributed by atoms with Gasteiger partial charge in [0.15, 0.2) is 0 Å². The molecule has 1 N–H and O–H groups in total. The van der Waals surface area contributed by atoms with E-state index in [-0.39, 0.29) is 5.56 Å². The Kier molecular flexibility index (Phi) is 2.85. The normalized spacial score (nSPS) is 10.0. The van der Waals surface area contributed by atoms with Crippen molar-refractivity contribution >= 4 is 19.7 Å². The van der Waals surface area contributed by atoms with Crippen LogP contribution >= 0.6 is 0 Å². The standard InChI is InChI=1S/C7H10N2OSe/c1-3-11-7-8-5(2)4-6(10)9-7/h4H,3H2,1-2H3,(H,8,9,10). The molecule has 0 radical (unpaired) electrons. The minimum absolute atomic E-state index is 0.0391. The summed E-state index contributed by atoms with van der Waals surface area (Å²) in [5.41, 5.74) is 0.766. The Morgan fingerprint density at radius 3 is 3.00 bits per heavy atom. The van der Waals surface area contributed by atoms with E-state index in [0.29, 0.717) is 15.0 Å². The molecule has 0 atom stereocenters. The summed E-state index contributed by atoms with van der Waals surface area (Å²) in [6.07, 6.45) is 0. The fourth-order valence-electron chi connectivity index (χ4n) is 0.757. The molecule has 0 aliphatic rings. The second kappa shape index (κ2) is 3.69. The molecule has 0 saturated heterocycles. The second-order valence-corrected chi connectivity index (χ2v) is 4.75. The van der Waals surface area contributed by atoms with Crippen molar-refractivity contribution in [2.75, 3.05) is 0 Å². The van der Waals surface area contributed by atoms with Gasteiger partial charge < -0.3 is 0 Å². The first-order valence-electron chi connectivity index (χ1n) is 3.43. The number of hydrogen-bond donors (Lipinski definition) is 1. The van der Waals surface area contributed by atoms with Crippen LogP contribution in [-0.4, -0.2) is 24.9 Å². The summed E-state index contributed by atoms with van der Waals surface area (Å²) in [6.45, 7) is 3.92. The van der Waals surface area contributed by atoms with Gasteiger partial charge in [-0.25, -0.2) is 0 Å². The van der Waals surface area contributed by atoms with Crippen LogP contribution in [0.4, 0.5) is 0 Å². The van der Waals surface area contributed by atoms with Crippen molar-refractivity contribution in [3.8, 4) is 0 Å². The maximum absolute atomic E-state index is 10.9. The number of aryl methyl sites for hydroxylation is 1. The van der Waals surface area contributed by atoms with E-state index in [1.54, 1.807) is 0 Å². The predicted molar refractivity (Wildman–Crippen MR) is 45.5 cm³/mol. The summed E-state index contributed by atoms with van der Waals surface area (Å²) in [6, 6.07) is 1.51. The third-order valence-corrected chi connectivity index (χ3v) is 2.71. The maximum atomic E-state index is 10.9. The van der Waals surface area contributed by atoms with E-state index in [1.165, 1.54) is 6.07 Å². The van der Waals surface area contributed by atoms with Crippen LogP contribution in [0.3, 0.4) is 0 Å². The molecule has 0 aliphatic heterocycles. The van der Waals surface area contributed by atoms with Crippen molar-refractivity contribution in [1.29, 1.82) is 0 Å². The molecule has 1 heterocycles. The molecule has 3 nitrogen and oxygen atoms in total. The van der Waals surface area contributed by atoms with Gasteiger partial charge in [-0.3, -0.25) is 0 Å². The Morgan fingerprint density at radius 2 is 2.45 bits per heavy atom. The zero-order chi connectivity index (χ0) is 8.27. The van der Waals surface area contributed by atoms with E-state index < -0.39 is 0 Å². The summed E-state index contributed by atoms with van der Waals surface area (Å²) in [4.78, 5) is 17.8. The van der Waals surface area contributed by atoms with Crippen molar-refractivity contribution in [1.82, 2.24) is 9.97 Å². The van der Waals surface area contributed by atoms with E-state index in [1.807, 2.05) is 6.92 Å². The molecule has 1 aromatic heterocycles. The monoisotopic (exact) mass is 218 g/mol. The van der Waals surface area contributed by atoms with Crippen LogP contribution in [0.5, 0.6) is 0 Å². The number of hydrogen-bond acceptors (Lipinski definition) is 2. The van der Waals surface area contributed by atoms with Gasteiger partial charge in [-0.1, -0.05) is 0 Å². The first-order valence-corrected chi connectivity index (χ1v) is 5.50. The molecule has 60 valence electrons. The number of aromatic amines is 1. The molecular formula is C7H10N2OSe. The summed E-state index contributed by atoms with van der Waals surface area (Å²) < 4.78 is 0.852. The third-order valence-electron chi connectivity index (χ3n) is 1.13. The average Bonchev–Trinajstić information content (AvgIpc) is 1.85. The van der Waals surface area contributed by atoms with E-state index in [4.69, 9.17) is 0 Å². The van der Waals surface area contributed by atoms with E-state index in [9.17, 15) is 4.79 Å². The number of rotatable bonds is 2. The topological polar surface area (TPSA) is 45.8 Å². The number of nitrogens with one attached hydrogen (secondary N) is 1. The molecule has 0 amide bonds. The van der Waals surface area contributed by atoms with Crippen molar-refractivity contribution in [2.45, 2.75) is 19.2 Å². The third kappa shape index (κ3) is 2.48. The van der Waals surface area contributed by atoms with Gasteiger partial charge in [0.05, 0.1) is 0 Å². The Bertz CT molecular complexity index is 295.